The van der Waals surface area contributed by atoms with Gasteiger partial charge in [0.15, 0.2) is 0 Å². The van der Waals surface area contributed by atoms with Gasteiger partial charge in [0.05, 0.1) is 18.1 Å². The quantitative estimate of drug-likeness (QED) is 0.630. The fraction of sp³-hybridized carbons (Fsp3) is 0.200. The Morgan fingerprint density at radius 3 is 2.67 bits per heavy atom. The molecular formula is C10H8ClNO2S. The standard InChI is InChI=1S/C10H8ClNO2S/c11-4-8-7(3-10(13)14)6(5-12)1-2-9(8)15/h1-2,15H,3-4H2,(H,13,14). The molecule has 3 nitrogen and oxygen atoms in total. The lowest BCUT2D eigenvalue weighted by Crippen LogP contribution is -2.06. The van der Waals surface area contributed by atoms with Crippen molar-refractivity contribution in [1.29, 1.82) is 5.26 Å². The maximum atomic E-state index is 10.6. The second-order valence-corrected chi connectivity index (χ2v) is 3.65. The van der Waals surface area contributed by atoms with Crippen LogP contribution in [0.15, 0.2) is 17.0 Å². The Morgan fingerprint density at radius 2 is 2.20 bits per heavy atom. The second-order valence-electron chi connectivity index (χ2n) is 2.91. The van der Waals surface area contributed by atoms with Gasteiger partial charge in [-0.1, -0.05) is 0 Å². The maximum absolute atomic E-state index is 10.6. The predicted molar refractivity (Wildman–Crippen MR) is 59.3 cm³/mol. The third-order valence-electron chi connectivity index (χ3n) is 1.99. The number of carboxylic acid groups (broad SMARTS) is 1. The van der Waals surface area contributed by atoms with Crippen molar-refractivity contribution >= 4 is 30.2 Å². The molecule has 1 N–H and O–H groups in total. The summed E-state index contributed by atoms with van der Waals surface area (Å²) < 4.78 is 0. The number of hydrogen-bond acceptors (Lipinski definition) is 3. The average Bonchev–Trinajstić information content (AvgIpc) is 2.18. The third kappa shape index (κ3) is 2.65. The van der Waals surface area contributed by atoms with E-state index in [9.17, 15) is 4.79 Å². The van der Waals surface area contributed by atoms with Crippen molar-refractivity contribution in [1.82, 2.24) is 0 Å². The van der Waals surface area contributed by atoms with E-state index in [0.29, 0.717) is 21.6 Å². The molecule has 78 valence electrons. The Morgan fingerprint density at radius 1 is 1.53 bits per heavy atom. The molecule has 0 saturated heterocycles. The van der Waals surface area contributed by atoms with Gasteiger partial charge < -0.3 is 5.11 Å². The SMILES string of the molecule is N#Cc1ccc(S)c(CCl)c1CC(=O)O. The Balaban J connectivity index is 3.35. The molecule has 1 aromatic carbocycles. The van der Waals surface area contributed by atoms with Gasteiger partial charge >= 0.3 is 5.97 Å². The minimum Gasteiger partial charge on any atom is -0.481 e. The summed E-state index contributed by atoms with van der Waals surface area (Å²) in [7, 11) is 0. The molecule has 0 bridgehead atoms. The number of nitrogens with zero attached hydrogens (tertiary/aromatic N) is 1. The minimum atomic E-state index is -0.989. The molecular weight excluding hydrogens is 234 g/mol. The Labute approximate surface area is 97.7 Å². The summed E-state index contributed by atoms with van der Waals surface area (Å²) >= 11 is 9.87. The summed E-state index contributed by atoms with van der Waals surface area (Å²) in [4.78, 5) is 11.3. The first-order valence-corrected chi connectivity index (χ1v) is 5.10. The molecule has 0 radical (unpaired) electrons. The largest absolute Gasteiger partial charge is 0.481 e. The molecule has 0 spiro atoms. The van der Waals surface area contributed by atoms with Gasteiger partial charge in [-0.05, 0) is 23.3 Å². The highest BCUT2D eigenvalue weighted by Crippen LogP contribution is 2.24. The molecule has 0 fully saturated rings. The monoisotopic (exact) mass is 241 g/mol. The van der Waals surface area contributed by atoms with E-state index in [1.165, 1.54) is 0 Å². The van der Waals surface area contributed by atoms with Crippen LogP contribution in [0.4, 0.5) is 0 Å². The van der Waals surface area contributed by atoms with Crippen LogP contribution in [0, 0.1) is 11.3 Å². The Hall–Kier alpha value is -1.18. The van der Waals surface area contributed by atoms with Crippen LogP contribution in [0.25, 0.3) is 0 Å². The van der Waals surface area contributed by atoms with E-state index in [1.54, 1.807) is 12.1 Å². The number of thiol groups is 1. The van der Waals surface area contributed by atoms with Gasteiger partial charge in [-0.15, -0.1) is 24.2 Å². The van der Waals surface area contributed by atoms with Gasteiger partial charge in [-0.25, -0.2) is 0 Å². The number of rotatable bonds is 3. The van der Waals surface area contributed by atoms with Crippen LogP contribution < -0.4 is 0 Å². The highest BCUT2D eigenvalue weighted by molar-refractivity contribution is 7.80. The lowest BCUT2D eigenvalue weighted by molar-refractivity contribution is -0.136. The average molecular weight is 242 g/mol. The number of benzene rings is 1. The molecule has 0 aliphatic heterocycles. The normalized spacial score (nSPS) is 9.67. The summed E-state index contributed by atoms with van der Waals surface area (Å²) in [6, 6.07) is 5.14. The van der Waals surface area contributed by atoms with Crippen molar-refractivity contribution in [3.05, 3.63) is 28.8 Å². The van der Waals surface area contributed by atoms with Gasteiger partial charge in [0.2, 0.25) is 0 Å². The van der Waals surface area contributed by atoms with Crippen LogP contribution in [-0.4, -0.2) is 11.1 Å². The van der Waals surface area contributed by atoms with Gasteiger partial charge in [-0.3, -0.25) is 4.79 Å². The lowest BCUT2D eigenvalue weighted by atomic mass is 10.00. The van der Waals surface area contributed by atoms with E-state index < -0.39 is 5.97 Å². The second kappa shape index (κ2) is 5.06. The fourth-order valence-corrected chi connectivity index (χ4v) is 1.97. The molecule has 1 aromatic rings. The molecule has 0 saturated carbocycles. The summed E-state index contributed by atoms with van der Waals surface area (Å²) in [5.74, 6) is -0.839. The van der Waals surface area contributed by atoms with Gasteiger partial charge in [0.25, 0.3) is 0 Å². The lowest BCUT2D eigenvalue weighted by Gasteiger charge is -2.09. The van der Waals surface area contributed by atoms with Crippen LogP contribution in [-0.2, 0) is 17.1 Å². The molecule has 0 unspecified atom stereocenters. The molecule has 1 rings (SSSR count). The summed E-state index contributed by atoms with van der Waals surface area (Å²) in [5.41, 5.74) is 1.40. The summed E-state index contributed by atoms with van der Waals surface area (Å²) in [6.45, 7) is 0. The molecule has 0 aliphatic carbocycles. The molecule has 5 heteroatoms. The first kappa shape index (κ1) is 11.9. The topological polar surface area (TPSA) is 61.1 Å². The van der Waals surface area contributed by atoms with E-state index >= 15 is 0 Å². The Bertz CT molecular complexity index is 440. The number of halogens is 1. The zero-order valence-corrected chi connectivity index (χ0v) is 9.35. The van der Waals surface area contributed by atoms with Gasteiger partial charge in [0, 0.05) is 10.8 Å². The number of nitriles is 1. The van der Waals surface area contributed by atoms with Crippen molar-refractivity contribution < 1.29 is 9.90 Å². The number of aliphatic carboxylic acids is 1. The molecule has 15 heavy (non-hydrogen) atoms. The van der Waals surface area contributed by atoms with Crippen molar-refractivity contribution in [3.8, 4) is 6.07 Å². The van der Waals surface area contributed by atoms with Crippen LogP contribution in [0.5, 0.6) is 0 Å². The van der Waals surface area contributed by atoms with Crippen LogP contribution in [0.3, 0.4) is 0 Å². The van der Waals surface area contributed by atoms with E-state index in [2.05, 4.69) is 12.6 Å². The highest BCUT2D eigenvalue weighted by Gasteiger charge is 2.13. The van der Waals surface area contributed by atoms with E-state index in [4.69, 9.17) is 22.0 Å². The van der Waals surface area contributed by atoms with Crippen molar-refractivity contribution in [3.63, 3.8) is 0 Å². The van der Waals surface area contributed by atoms with Gasteiger partial charge in [0.1, 0.15) is 0 Å². The number of alkyl halides is 1. The van der Waals surface area contributed by atoms with Gasteiger partial charge in [-0.2, -0.15) is 5.26 Å². The molecule has 0 aromatic heterocycles. The van der Waals surface area contributed by atoms with E-state index in [-0.39, 0.29) is 12.3 Å². The summed E-state index contributed by atoms with van der Waals surface area (Å²) in [6.07, 6.45) is -0.209. The fourth-order valence-electron chi connectivity index (χ4n) is 1.29. The molecule has 0 atom stereocenters. The zero-order chi connectivity index (χ0) is 11.4. The number of carboxylic acids is 1. The van der Waals surface area contributed by atoms with Crippen LogP contribution in [0.2, 0.25) is 0 Å². The molecule has 0 aliphatic rings. The van der Waals surface area contributed by atoms with Crippen molar-refractivity contribution in [2.45, 2.75) is 17.2 Å². The number of hydrogen-bond donors (Lipinski definition) is 2. The predicted octanol–water partition coefficient (Wildman–Crippen LogP) is 2.21. The zero-order valence-electron chi connectivity index (χ0n) is 7.70. The molecule has 0 amide bonds. The first-order chi connectivity index (χ1) is 7.10. The van der Waals surface area contributed by atoms with Crippen LogP contribution in [0.1, 0.15) is 16.7 Å². The van der Waals surface area contributed by atoms with Crippen molar-refractivity contribution in [2.24, 2.45) is 0 Å². The minimum absolute atomic E-state index is 0.150. The smallest absolute Gasteiger partial charge is 0.307 e. The highest BCUT2D eigenvalue weighted by atomic mass is 35.5. The third-order valence-corrected chi connectivity index (χ3v) is 2.67. The molecule has 0 heterocycles. The van der Waals surface area contributed by atoms with Crippen LogP contribution >= 0.6 is 24.2 Å². The Kier molecular flexibility index (Phi) is 4.01. The first-order valence-electron chi connectivity index (χ1n) is 4.11. The maximum Gasteiger partial charge on any atom is 0.307 e. The van der Waals surface area contributed by atoms with Crippen molar-refractivity contribution in [2.75, 3.05) is 0 Å². The summed E-state index contributed by atoms with van der Waals surface area (Å²) in [5, 5.41) is 17.6. The van der Waals surface area contributed by atoms with E-state index in [1.807, 2.05) is 6.07 Å². The van der Waals surface area contributed by atoms with E-state index in [0.717, 1.165) is 0 Å². The number of carbonyl (C=O) groups is 1.